The normalized spacial score (nSPS) is 16.0. The number of phenols is 1. The van der Waals surface area contributed by atoms with Crippen LogP contribution in [-0.4, -0.2) is 34.9 Å². The molecule has 0 spiro atoms. The van der Waals surface area contributed by atoms with Crippen molar-refractivity contribution in [2.75, 3.05) is 13.1 Å². The van der Waals surface area contributed by atoms with Gasteiger partial charge in [-0.1, -0.05) is 26.7 Å². The van der Waals surface area contributed by atoms with Crippen molar-refractivity contribution < 1.29 is 14.3 Å². The monoisotopic (exact) mass is 293 g/mol. The molecule has 0 aromatic heterocycles. The second-order valence-electron chi connectivity index (χ2n) is 6.35. The maximum atomic E-state index is 13.3. The zero-order valence-electron chi connectivity index (χ0n) is 12.8. The quantitative estimate of drug-likeness (QED) is 0.814. The fourth-order valence-corrected chi connectivity index (χ4v) is 3.08. The summed E-state index contributed by atoms with van der Waals surface area (Å²) in [6, 6.07) is 3.96. The molecule has 0 heterocycles. The number of Topliss-reactive ketones (excluding diaryl/α,β-unsaturated/α-hetero) is 1. The summed E-state index contributed by atoms with van der Waals surface area (Å²) in [7, 11) is 0. The van der Waals surface area contributed by atoms with Crippen LogP contribution in [0.3, 0.4) is 0 Å². The number of carbonyl (C=O) groups is 1. The van der Waals surface area contributed by atoms with Gasteiger partial charge in [0.05, 0.1) is 12.1 Å². The van der Waals surface area contributed by atoms with Gasteiger partial charge in [-0.2, -0.15) is 0 Å². The molecule has 21 heavy (non-hydrogen) atoms. The van der Waals surface area contributed by atoms with E-state index in [1.165, 1.54) is 18.9 Å². The van der Waals surface area contributed by atoms with E-state index >= 15 is 0 Å². The van der Waals surface area contributed by atoms with E-state index in [0.29, 0.717) is 12.0 Å². The van der Waals surface area contributed by atoms with Crippen LogP contribution in [0.2, 0.25) is 0 Å². The molecule has 1 N–H and O–H groups in total. The molecule has 0 unspecified atom stereocenters. The number of phenolic OH excluding ortho intramolecular Hbond substituents is 1. The number of carbonyl (C=O) groups excluding carboxylic acids is 1. The largest absolute Gasteiger partial charge is 0.507 e. The SMILES string of the molecule is CC(C)CN(CC(=O)c1cc(F)ccc1O)C1CCCC1. The highest BCUT2D eigenvalue weighted by molar-refractivity contribution is 6.00. The summed E-state index contributed by atoms with van der Waals surface area (Å²) in [5.41, 5.74) is 0.0850. The predicted octanol–water partition coefficient (Wildman–Crippen LogP) is 3.61. The summed E-state index contributed by atoms with van der Waals surface area (Å²) in [6.45, 7) is 5.37. The van der Waals surface area contributed by atoms with Gasteiger partial charge >= 0.3 is 0 Å². The predicted molar refractivity (Wildman–Crippen MR) is 81.1 cm³/mol. The molecule has 1 aromatic rings. The summed E-state index contributed by atoms with van der Waals surface area (Å²) in [5.74, 6) is -0.371. The summed E-state index contributed by atoms with van der Waals surface area (Å²) in [4.78, 5) is 14.6. The highest BCUT2D eigenvalue weighted by Gasteiger charge is 2.26. The van der Waals surface area contributed by atoms with Crippen LogP contribution in [0.5, 0.6) is 5.75 Å². The second kappa shape index (κ2) is 7.03. The lowest BCUT2D eigenvalue weighted by Gasteiger charge is -2.29. The number of hydrogen-bond acceptors (Lipinski definition) is 3. The van der Waals surface area contributed by atoms with Crippen molar-refractivity contribution in [2.24, 2.45) is 5.92 Å². The summed E-state index contributed by atoms with van der Waals surface area (Å²) < 4.78 is 13.3. The minimum atomic E-state index is -0.493. The summed E-state index contributed by atoms with van der Waals surface area (Å²) in [6.07, 6.45) is 4.65. The minimum Gasteiger partial charge on any atom is -0.507 e. The van der Waals surface area contributed by atoms with Crippen LogP contribution in [0.4, 0.5) is 4.39 Å². The van der Waals surface area contributed by atoms with Crippen LogP contribution < -0.4 is 0 Å². The van der Waals surface area contributed by atoms with Crippen LogP contribution in [0.25, 0.3) is 0 Å². The molecular weight excluding hydrogens is 269 g/mol. The first-order chi connectivity index (χ1) is 9.97. The smallest absolute Gasteiger partial charge is 0.180 e. The number of nitrogens with zero attached hydrogens (tertiary/aromatic N) is 1. The van der Waals surface area contributed by atoms with Crippen LogP contribution in [-0.2, 0) is 0 Å². The molecule has 1 aliphatic carbocycles. The van der Waals surface area contributed by atoms with Crippen molar-refractivity contribution in [3.8, 4) is 5.75 Å². The van der Waals surface area contributed by atoms with Gasteiger partial charge in [0.15, 0.2) is 5.78 Å². The van der Waals surface area contributed by atoms with Crippen molar-refractivity contribution in [1.29, 1.82) is 0 Å². The molecule has 0 amide bonds. The molecule has 1 saturated carbocycles. The van der Waals surface area contributed by atoms with Crippen molar-refractivity contribution in [2.45, 2.75) is 45.6 Å². The minimum absolute atomic E-state index is 0.0850. The molecule has 0 radical (unpaired) electrons. The van der Waals surface area contributed by atoms with Crippen LogP contribution in [0, 0.1) is 11.7 Å². The standard InChI is InChI=1S/C17H24FNO2/c1-12(2)10-19(14-5-3-4-6-14)11-17(21)15-9-13(18)7-8-16(15)20/h7-9,12,14,20H,3-6,10-11H2,1-2H3. The fourth-order valence-electron chi connectivity index (χ4n) is 3.08. The van der Waals surface area contributed by atoms with Gasteiger partial charge in [-0.15, -0.1) is 0 Å². The van der Waals surface area contributed by atoms with E-state index in [0.717, 1.165) is 31.5 Å². The van der Waals surface area contributed by atoms with Gasteiger partial charge in [0.2, 0.25) is 0 Å². The summed E-state index contributed by atoms with van der Waals surface area (Å²) >= 11 is 0. The second-order valence-corrected chi connectivity index (χ2v) is 6.35. The van der Waals surface area contributed by atoms with Gasteiger partial charge in [-0.05, 0) is 37.0 Å². The highest BCUT2D eigenvalue weighted by Crippen LogP contribution is 2.25. The van der Waals surface area contributed by atoms with Gasteiger partial charge in [-0.25, -0.2) is 4.39 Å². The van der Waals surface area contributed by atoms with Gasteiger partial charge in [0, 0.05) is 12.6 Å². The van der Waals surface area contributed by atoms with Gasteiger partial charge in [0.1, 0.15) is 11.6 Å². The number of aromatic hydroxyl groups is 1. The number of ketones is 1. The zero-order valence-corrected chi connectivity index (χ0v) is 12.8. The Kier molecular flexibility index (Phi) is 5.34. The van der Waals surface area contributed by atoms with E-state index < -0.39 is 5.82 Å². The Balaban J connectivity index is 2.11. The molecular formula is C17H24FNO2. The van der Waals surface area contributed by atoms with E-state index in [9.17, 15) is 14.3 Å². The average molecular weight is 293 g/mol. The molecule has 0 saturated heterocycles. The van der Waals surface area contributed by atoms with E-state index in [1.54, 1.807) is 0 Å². The van der Waals surface area contributed by atoms with Crippen molar-refractivity contribution in [3.63, 3.8) is 0 Å². The molecule has 1 aliphatic rings. The number of benzene rings is 1. The zero-order chi connectivity index (χ0) is 15.4. The molecule has 0 atom stereocenters. The molecule has 1 fully saturated rings. The first-order valence-corrected chi connectivity index (χ1v) is 7.73. The van der Waals surface area contributed by atoms with Gasteiger partial charge in [-0.3, -0.25) is 9.69 Å². The molecule has 0 bridgehead atoms. The van der Waals surface area contributed by atoms with E-state index in [4.69, 9.17) is 0 Å². The Bertz CT molecular complexity index is 496. The van der Waals surface area contributed by atoms with Crippen LogP contribution in [0.1, 0.15) is 49.9 Å². The maximum Gasteiger partial charge on any atom is 0.180 e. The fraction of sp³-hybridized carbons (Fsp3) is 0.588. The Morgan fingerprint density at radius 3 is 2.67 bits per heavy atom. The van der Waals surface area contributed by atoms with Crippen LogP contribution in [0.15, 0.2) is 18.2 Å². The topological polar surface area (TPSA) is 40.5 Å². The average Bonchev–Trinajstić information content (AvgIpc) is 2.94. The molecule has 3 nitrogen and oxygen atoms in total. The number of rotatable bonds is 6. The van der Waals surface area contributed by atoms with Crippen LogP contribution >= 0.6 is 0 Å². The van der Waals surface area contributed by atoms with E-state index in [2.05, 4.69) is 18.7 Å². The lowest BCUT2D eigenvalue weighted by Crippen LogP contribution is -2.40. The third-order valence-corrected chi connectivity index (χ3v) is 4.05. The Morgan fingerprint density at radius 1 is 1.38 bits per heavy atom. The van der Waals surface area contributed by atoms with Crippen molar-refractivity contribution >= 4 is 5.78 Å². The Hall–Kier alpha value is -1.42. The third kappa shape index (κ3) is 4.27. The lowest BCUT2D eigenvalue weighted by atomic mass is 10.1. The molecule has 116 valence electrons. The van der Waals surface area contributed by atoms with Gasteiger partial charge in [0.25, 0.3) is 0 Å². The Labute approximate surface area is 125 Å². The van der Waals surface area contributed by atoms with Crippen molar-refractivity contribution in [3.05, 3.63) is 29.6 Å². The number of halogens is 1. The first kappa shape index (κ1) is 16.0. The highest BCUT2D eigenvalue weighted by atomic mass is 19.1. The van der Waals surface area contributed by atoms with E-state index in [-0.39, 0.29) is 23.6 Å². The third-order valence-electron chi connectivity index (χ3n) is 4.05. The van der Waals surface area contributed by atoms with Gasteiger partial charge < -0.3 is 5.11 Å². The lowest BCUT2D eigenvalue weighted by molar-refractivity contribution is 0.0873. The molecule has 4 heteroatoms. The summed E-state index contributed by atoms with van der Waals surface area (Å²) in [5, 5.41) is 9.76. The van der Waals surface area contributed by atoms with Crippen molar-refractivity contribution in [1.82, 2.24) is 4.90 Å². The molecule has 0 aliphatic heterocycles. The molecule has 1 aromatic carbocycles. The number of hydrogen-bond donors (Lipinski definition) is 1. The molecule has 2 rings (SSSR count). The Morgan fingerprint density at radius 2 is 2.05 bits per heavy atom. The maximum absolute atomic E-state index is 13.3. The van der Waals surface area contributed by atoms with E-state index in [1.807, 2.05) is 0 Å². The first-order valence-electron chi connectivity index (χ1n) is 7.73.